The van der Waals surface area contributed by atoms with Crippen LogP contribution < -0.4 is 0 Å². The predicted octanol–water partition coefficient (Wildman–Crippen LogP) is 3.67. The number of esters is 2. The maximum absolute atomic E-state index is 10.7. The van der Waals surface area contributed by atoms with Crippen LogP contribution in [0.5, 0.6) is 0 Å². The Morgan fingerprint density at radius 3 is 1.43 bits per heavy atom. The van der Waals surface area contributed by atoms with Crippen LogP contribution in [0.1, 0.15) is 48.0 Å². The Balaban J connectivity index is 4.38. The van der Waals surface area contributed by atoms with E-state index >= 15 is 0 Å². The van der Waals surface area contributed by atoms with Crippen LogP contribution in [0.3, 0.4) is 0 Å². The van der Waals surface area contributed by atoms with E-state index in [1.54, 1.807) is 0 Å². The van der Waals surface area contributed by atoms with Crippen molar-refractivity contribution in [1.29, 1.82) is 0 Å². The average Bonchev–Trinajstić information content (AvgIpc) is 2.28. The molecule has 0 saturated heterocycles. The molecule has 0 atom stereocenters. The first-order valence-electron chi connectivity index (χ1n) is 7.16. The highest BCUT2D eigenvalue weighted by molar-refractivity contribution is 5.66. The standard InChI is InChI=1S/C17H28O4/c1-14(18)20-11-7-9-16(3,4)13-17(5,6)10-8-12-21-15(2)19/h7-10H,11-13H2,1-6H3/b9-7+,10-8+. The zero-order valence-electron chi connectivity index (χ0n) is 14.1. The second-order valence-electron chi connectivity index (χ2n) is 6.56. The van der Waals surface area contributed by atoms with Gasteiger partial charge in [-0.05, 0) is 17.3 Å². The lowest BCUT2D eigenvalue weighted by Crippen LogP contribution is -2.20. The Morgan fingerprint density at radius 1 is 0.810 bits per heavy atom. The molecule has 0 N–H and O–H groups in total. The minimum atomic E-state index is -0.272. The van der Waals surface area contributed by atoms with Gasteiger partial charge in [0.15, 0.2) is 0 Å². The molecule has 21 heavy (non-hydrogen) atoms. The van der Waals surface area contributed by atoms with E-state index < -0.39 is 0 Å². The molecule has 0 aliphatic rings. The lowest BCUT2D eigenvalue weighted by atomic mass is 9.75. The zero-order valence-corrected chi connectivity index (χ0v) is 14.1. The number of rotatable bonds is 8. The van der Waals surface area contributed by atoms with E-state index in [1.807, 2.05) is 12.2 Å². The molecule has 0 radical (unpaired) electrons. The minimum absolute atomic E-state index is 0.0184. The SMILES string of the molecule is CC(=O)OC/C=C/C(C)(C)CC(C)(C)/C=C/COC(C)=O. The van der Waals surface area contributed by atoms with Crippen LogP contribution in [0, 0.1) is 10.8 Å². The van der Waals surface area contributed by atoms with Crippen LogP contribution in [0.15, 0.2) is 24.3 Å². The quantitative estimate of drug-likeness (QED) is 0.506. The highest BCUT2D eigenvalue weighted by atomic mass is 16.5. The Bertz CT molecular complexity index is 365. The fraction of sp³-hybridized carbons (Fsp3) is 0.647. The number of ether oxygens (including phenoxy) is 2. The largest absolute Gasteiger partial charge is 0.462 e. The van der Waals surface area contributed by atoms with E-state index in [2.05, 4.69) is 39.8 Å². The van der Waals surface area contributed by atoms with Crippen molar-refractivity contribution in [2.45, 2.75) is 48.0 Å². The van der Waals surface area contributed by atoms with Gasteiger partial charge in [-0.25, -0.2) is 0 Å². The van der Waals surface area contributed by atoms with Gasteiger partial charge in [0.2, 0.25) is 0 Å². The van der Waals surface area contributed by atoms with Gasteiger partial charge in [0.25, 0.3) is 0 Å². The summed E-state index contributed by atoms with van der Waals surface area (Å²) in [6, 6.07) is 0. The molecule has 4 nitrogen and oxygen atoms in total. The normalized spacial score (nSPS) is 12.9. The summed E-state index contributed by atoms with van der Waals surface area (Å²) in [5.41, 5.74) is -0.0369. The molecule has 0 aromatic carbocycles. The molecule has 0 fully saturated rings. The van der Waals surface area contributed by atoms with Crippen LogP contribution in [0.4, 0.5) is 0 Å². The molecule has 0 aromatic rings. The Kier molecular flexibility index (Phi) is 8.00. The first-order chi connectivity index (χ1) is 9.54. The summed E-state index contributed by atoms with van der Waals surface area (Å²) >= 11 is 0. The highest BCUT2D eigenvalue weighted by Crippen LogP contribution is 2.35. The van der Waals surface area contributed by atoms with Crippen molar-refractivity contribution in [1.82, 2.24) is 0 Å². The van der Waals surface area contributed by atoms with Crippen LogP contribution in [0.25, 0.3) is 0 Å². The van der Waals surface area contributed by atoms with E-state index in [9.17, 15) is 9.59 Å². The Labute approximate surface area is 128 Å². The third-order valence-electron chi connectivity index (χ3n) is 2.81. The van der Waals surface area contributed by atoms with Crippen molar-refractivity contribution in [3.63, 3.8) is 0 Å². The molecule has 0 aliphatic heterocycles. The molecular formula is C17H28O4. The lowest BCUT2D eigenvalue weighted by molar-refractivity contribution is -0.140. The summed E-state index contributed by atoms with van der Waals surface area (Å²) < 4.78 is 9.76. The van der Waals surface area contributed by atoms with Gasteiger partial charge in [0, 0.05) is 13.8 Å². The molecular weight excluding hydrogens is 268 g/mol. The first kappa shape index (κ1) is 19.4. The molecule has 0 aliphatic carbocycles. The topological polar surface area (TPSA) is 52.6 Å². The van der Waals surface area contributed by atoms with E-state index in [0.29, 0.717) is 13.2 Å². The fourth-order valence-corrected chi connectivity index (χ4v) is 2.36. The first-order valence-corrected chi connectivity index (χ1v) is 7.16. The number of carbonyl (C=O) groups excluding carboxylic acids is 2. The molecule has 0 amide bonds. The van der Waals surface area contributed by atoms with Crippen molar-refractivity contribution < 1.29 is 19.1 Å². The highest BCUT2D eigenvalue weighted by Gasteiger charge is 2.24. The number of carbonyl (C=O) groups is 2. The van der Waals surface area contributed by atoms with Gasteiger partial charge >= 0.3 is 11.9 Å². The Morgan fingerprint density at radius 2 is 1.14 bits per heavy atom. The van der Waals surface area contributed by atoms with E-state index in [4.69, 9.17) is 9.47 Å². The van der Waals surface area contributed by atoms with Crippen molar-refractivity contribution in [2.24, 2.45) is 10.8 Å². The average molecular weight is 296 g/mol. The summed E-state index contributed by atoms with van der Waals surface area (Å²) in [5.74, 6) is -0.544. The van der Waals surface area contributed by atoms with Gasteiger partial charge in [-0.3, -0.25) is 9.59 Å². The molecule has 0 aromatic heterocycles. The Hall–Kier alpha value is -1.58. The third kappa shape index (κ3) is 11.9. The van der Waals surface area contributed by atoms with Gasteiger partial charge in [0.1, 0.15) is 13.2 Å². The monoisotopic (exact) mass is 296 g/mol. The third-order valence-corrected chi connectivity index (χ3v) is 2.81. The van der Waals surface area contributed by atoms with E-state index in [-0.39, 0.29) is 22.8 Å². The van der Waals surface area contributed by atoms with Crippen LogP contribution >= 0.6 is 0 Å². The van der Waals surface area contributed by atoms with Gasteiger partial charge in [-0.1, -0.05) is 52.0 Å². The van der Waals surface area contributed by atoms with Gasteiger partial charge in [-0.15, -0.1) is 0 Å². The van der Waals surface area contributed by atoms with Gasteiger partial charge in [0.05, 0.1) is 0 Å². The molecule has 0 bridgehead atoms. The number of hydrogen-bond acceptors (Lipinski definition) is 4. The maximum Gasteiger partial charge on any atom is 0.302 e. The van der Waals surface area contributed by atoms with E-state index in [1.165, 1.54) is 13.8 Å². The summed E-state index contributed by atoms with van der Waals surface area (Å²) in [6.07, 6.45) is 8.81. The van der Waals surface area contributed by atoms with E-state index in [0.717, 1.165) is 6.42 Å². The zero-order chi connectivity index (χ0) is 16.5. The smallest absolute Gasteiger partial charge is 0.302 e. The van der Waals surface area contributed by atoms with Crippen molar-refractivity contribution in [3.05, 3.63) is 24.3 Å². The second-order valence-corrected chi connectivity index (χ2v) is 6.56. The number of allylic oxidation sites excluding steroid dienone is 2. The molecule has 0 saturated carbocycles. The summed E-state index contributed by atoms with van der Waals surface area (Å²) in [4.78, 5) is 21.4. The van der Waals surface area contributed by atoms with Crippen molar-refractivity contribution in [2.75, 3.05) is 13.2 Å². The molecule has 4 heteroatoms. The lowest BCUT2D eigenvalue weighted by Gasteiger charge is -2.30. The molecule has 0 spiro atoms. The van der Waals surface area contributed by atoms with Gasteiger partial charge < -0.3 is 9.47 Å². The summed E-state index contributed by atoms with van der Waals surface area (Å²) in [6.45, 7) is 12.0. The molecule has 0 rings (SSSR count). The molecule has 120 valence electrons. The maximum atomic E-state index is 10.7. The second kappa shape index (κ2) is 8.65. The predicted molar refractivity (Wildman–Crippen MR) is 83.7 cm³/mol. The number of hydrogen-bond donors (Lipinski definition) is 0. The molecule has 0 heterocycles. The molecule has 0 unspecified atom stereocenters. The summed E-state index contributed by atoms with van der Waals surface area (Å²) in [7, 11) is 0. The van der Waals surface area contributed by atoms with Crippen LogP contribution in [-0.2, 0) is 19.1 Å². The van der Waals surface area contributed by atoms with Crippen molar-refractivity contribution >= 4 is 11.9 Å². The van der Waals surface area contributed by atoms with Crippen LogP contribution in [0.2, 0.25) is 0 Å². The van der Waals surface area contributed by atoms with Crippen molar-refractivity contribution in [3.8, 4) is 0 Å². The summed E-state index contributed by atoms with van der Waals surface area (Å²) in [5, 5.41) is 0. The minimum Gasteiger partial charge on any atom is -0.462 e. The van der Waals surface area contributed by atoms with Crippen LogP contribution in [-0.4, -0.2) is 25.2 Å². The van der Waals surface area contributed by atoms with Gasteiger partial charge in [-0.2, -0.15) is 0 Å². The fourth-order valence-electron chi connectivity index (χ4n) is 2.36.